The number of pyridine rings is 1. The molecule has 1 aliphatic rings. The summed E-state index contributed by atoms with van der Waals surface area (Å²) in [6.07, 6.45) is 4.74. The highest BCUT2D eigenvalue weighted by molar-refractivity contribution is 5.76. The second kappa shape index (κ2) is 8.07. The maximum absolute atomic E-state index is 11.9. The summed E-state index contributed by atoms with van der Waals surface area (Å²) < 4.78 is 5.24. The molecule has 1 amide bonds. The van der Waals surface area contributed by atoms with Gasteiger partial charge in [0.15, 0.2) is 0 Å². The predicted molar refractivity (Wildman–Crippen MR) is 80.1 cm³/mol. The third-order valence-corrected chi connectivity index (χ3v) is 3.72. The second-order valence-electron chi connectivity index (χ2n) is 5.25. The van der Waals surface area contributed by atoms with Gasteiger partial charge in [-0.05, 0) is 31.0 Å². The van der Waals surface area contributed by atoms with Gasteiger partial charge in [-0.2, -0.15) is 0 Å². The number of hydrogen-bond donors (Lipinski definition) is 3. The molecule has 3 atom stereocenters. The maximum atomic E-state index is 11.9. The fraction of sp³-hybridized carbons (Fsp3) is 0.600. The molecule has 1 aromatic heterocycles. The summed E-state index contributed by atoms with van der Waals surface area (Å²) in [5.74, 6) is 0.305. The Balaban J connectivity index is 1.79. The summed E-state index contributed by atoms with van der Waals surface area (Å²) in [5.41, 5.74) is 7.56. The maximum Gasteiger partial charge on any atom is 0.221 e. The summed E-state index contributed by atoms with van der Waals surface area (Å²) in [6, 6.07) is 4.14. The molecule has 1 aliphatic heterocycles. The molecule has 3 N–H and O–H groups in total. The number of carbonyl (C=O) groups excluding carboxylic acids is 1. The Labute approximate surface area is 125 Å². The fourth-order valence-electron chi connectivity index (χ4n) is 2.48. The lowest BCUT2D eigenvalue weighted by Gasteiger charge is -2.19. The van der Waals surface area contributed by atoms with E-state index in [-0.39, 0.29) is 24.0 Å². The van der Waals surface area contributed by atoms with Gasteiger partial charge in [0.05, 0.1) is 12.2 Å². The number of carbonyl (C=O) groups is 1. The molecule has 0 radical (unpaired) electrons. The van der Waals surface area contributed by atoms with Gasteiger partial charge in [0.2, 0.25) is 5.91 Å². The number of nitrogens with zero attached hydrogens (tertiary/aromatic N) is 1. The van der Waals surface area contributed by atoms with Gasteiger partial charge in [-0.25, -0.2) is 10.9 Å². The molecule has 0 bridgehead atoms. The van der Waals surface area contributed by atoms with Gasteiger partial charge < -0.3 is 10.1 Å². The Morgan fingerprint density at radius 3 is 2.86 bits per heavy atom. The molecular weight excluding hydrogens is 268 g/mol. The van der Waals surface area contributed by atoms with E-state index in [0.29, 0.717) is 19.6 Å². The van der Waals surface area contributed by atoms with Gasteiger partial charge in [0.1, 0.15) is 0 Å². The van der Waals surface area contributed by atoms with Crippen LogP contribution in [0.3, 0.4) is 0 Å². The summed E-state index contributed by atoms with van der Waals surface area (Å²) in [5, 5.41) is 3.02. The van der Waals surface area contributed by atoms with Crippen molar-refractivity contribution in [1.82, 2.24) is 21.2 Å². The van der Waals surface area contributed by atoms with Gasteiger partial charge in [0, 0.05) is 37.9 Å². The van der Waals surface area contributed by atoms with Gasteiger partial charge >= 0.3 is 0 Å². The van der Waals surface area contributed by atoms with Crippen LogP contribution in [0.5, 0.6) is 0 Å². The third kappa shape index (κ3) is 4.49. The van der Waals surface area contributed by atoms with Crippen molar-refractivity contribution in [2.45, 2.75) is 38.9 Å². The Kier molecular flexibility index (Phi) is 6.10. The third-order valence-electron chi connectivity index (χ3n) is 3.72. The summed E-state index contributed by atoms with van der Waals surface area (Å²) >= 11 is 0. The van der Waals surface area contributed by atoms with Crippen LogP contribution >= 0.6 is 0 Å². The smallest absolute Gasteiger partial charge is 0.221 e. The van der Waals surface area contributed by atoms with Crippen LogP contribution in [0.1, 0.15) is 38.3 Å². The Hall–Kier alpha value is -1.50. The first-order chi connectivity index (χ1) is 10.2. The van der Waals surface area contributed by atoms with Crippen molar-refractivity contribution in [1.29, 1.82) is 0 Å². The van der Waals surface area contributed by atoms with Crippen molar-refractivity contribution in [2.24, 2.45) is 5.92 Å². The van der Waals surface area contributed by atoms with Crippen LogP contribution in [0.4, 0.5) is 0 Å². The van der Waals surface area contributed by atoms with Crippen molar-refractivity contribution < 1.29 is 9.53 Å². The topological polar surface area (TPSA) is 75.3 Å². The first kappa shape index (κ1) is 15.9. The normalized spacial score (nSPS) is 25.0. The zero-order valence-electron chi connectivity index (χ0n) is 12.6. The van der Waals surface area contributed by atoms with Crippen LogP contribution in [-0.2, 0) is 9.53 Å². The predicted octanol–water partition coefficient (Wildman–Crippen LogP) is 1.13. The average Bonchev–Trinajstić information content (AvgIpc) is 2.86. The first-order valence-corrected chi connectivity index (χ1v) is 7.50. The Bertz CT molecular complexity index is 441. The Morgan fingerprint density at radius 2 is 2.14 bits per heavy atom. The van der Waals surface area contributed by atoms with E-state index in [1.165, 1.54) is 0 Å². The summed E-state index contributed by atoms with van der Waals surface area (Å²) in [7, 11) is 0. The standard InChI is InChI=1S/C15H24N4O2/c1-3-21-10-4-5-13(20)17-15-11(2)14(18-19-15)12-6-8-16-9-7-12/h6-9,11,14-15,18-19H,3-5,10H2,1-2H3,(H,17,20). The van der Waals surface area contributed by atoms with Crippen LogP contribution < -0.4 is 16.2 Å². The van der Waals surface area contributed by atoms with Crippen LogP contribution in [-0.4, -0.2) is 30.3 Å². The van der Waals surface area contributed by atoms with Crippen molar-refractivity contribution >= 4 is 5.91 Å². The molecule has 0 spiro atoms. The highest BCUT2D eigenvalue weighted by atomic mass is 16.5. The molecule has 1 fully saturated rings. The zero-order chi connectivity index (χ0) is 15.1. The number of rotatable bonds is 7. The highest BCUT2D eigenvalue weighted by Crippen LogP contribution is 2.26. The molecule has 2 rings (SSSR count). The number of amides is 1. The van der Waals surface area contributed by atoms with Crippen molar-refractivity contribution in [3.63, 3.8) is 0 Å². The molecule has 2 heterocycles. The van der Waals surface area contributed by atoms with Crippen LogP contribution in [0.25, 0.3) is 0 Å². The van der Waals surface area contributed by atoms with E-state index in [1.54, 1.807) is 12.4 Å². The molecule has 0 aromatic carbocycles. The number of nitrogens with one attached hydrogen (secondary N) is 3. The van der Waals surface area contributed by atoms with Crippen molar-refractivity contribution in [3.8, 4) is 0 Å². The molecule has 1 aromatic rings. The van der Waals surface area contributed by atoms with Gasteiger partial charge in [-0.15, -0.1) is 0 Å². The highest BCUT2D eigenvalue weighted by Gasteiger charge is 2.33. The minimum atomic E-state index is -0.0669. The minimum absolute atomic E-state index is 0.0521. The van der Waals surface area contributed by atoms with E-state index in [0.717, 1.165) is 12.0 Å². The molecule has 21 heavy (non-hydrogen) atoms. The van der Waals surface area contributed by atoms with Crippen LogP contribution in [0, 0.1) is 5.92 Å². The van der Waals surface area contributed by atoms with Crippen LogP contribution in [0.2, 0.25) is 0 Å². The molecule has 6 heteroatoms. The molecule has 116 valence electrons. The SMILES string of the molecule is CCOCCCC(=O)NC1NNC(c2ccncc2)C1C. The first-order valence-electron chi connectivity index (χ1n) is 7.50. The lowest BCUT2D eigenvalue weighted by molar-refractivity contribution is -0.122. The monoisotopic (exact) mass is 292 g/mol. The van der Waals surface area contributed by atoms with Crippen molar-refractivity contribution in [3.05, 3.63) is 30.1 Å². The number of aromatic nitrogens is 1. The Morgan fingerprint density at radius 1 is 1.38 bits per heavy atom. The van der Waals surface area contributed by atoms with E-state index in [1.807, 2.05) is 19.1 Å². The van der Waals surface area contributed by atoms with Gasteiger partial charge in [-0.3, -0.25) is 9.78 Å². The minimum Gasteiger partial charge on any atom is -0.382 e. The zero-order valence-corrected chi connectivity index (χ0v) is 12.6. The van der Waals surface area contributed by atoms with Crippen LogP contribution in [0.15, 0.2) is 24.5 Å². The molecular formula is C15H24N4O2. The lowest BCUT2D eigenvalue weighted by Crippen LogP contribution is -2.46. The fourth-order valence-corrected chi connectivity index (χ4v) is 2.48. The molecule has 0 aliphatic carbocycles. The van der Waals surface area contributed by atoms with E-state index in [4.69, 9.17) is 4.74 Å². The molecule has 0 saturated carbocycles. The average molecular weight is 292 g/mol. The van der Waals surface area contributed by atoms with E-state index in [2.05, 4.69) is 28.1 Å². The number of hydrazine groups is 1. The summed E-state index contributed by atoms with van der Waals surface area (Å²) in [4.78, 5) is 15.9. The van der Waals surface area contributed by atoms with E-state index < -0.39 is 0 Å². The number of hydrogen-bond acceptors (Lipinski definition) is 5. The van der Waals surface area contributed by atoms with E-state index >= 15 is 0 Å². The quantitative estimate of drug-likeness (QED) is 0.657. The second-order valence-corrected chi connectivity index (χ2v) is 5.25. The van der Waals surface area contributed by atoms with Gasteiger partial charge in [0.25, 0.3) is 0 Å². The van der Waals surface area contributed by atoms with Crippen molar-refractivity contribution in [2.75, 3.05) is 13.2 Å². The molecule has 6 nitrogen and oxygen atoms in total. The number of ether oxygens (including phenoxy) is 1. The summed E-state index contributed by atoms with van der Waals surface area (Å²) in [6.45, 7) is 5.40. The molecule has 1 saturated heterocycles. The van der Waals surface area contributed by atoms with E-state index in [9.17, 15) is 4.79 Å². The van der Waals surface area contributed by atoms with Gasteiger partial charge in [-0.1, -0.05) is 6.92 Å². The largest absolute Gasteiger partial charge is 0.382 e. The lowest BCUT2D eigenvalue weighted by atomic mass is 9.95. The molecule has 3 unspecified atom stereocenters.